The van der Waals surface area contributed by atoms with Crippen LogP contribution < -0.4 is 0 Å². The van der Waals surface area contributed by atoms with Gasteiger partial charge in [0.25, 0.3) is 0 Å². The second kappa shape index (κ2) is 5.33. The van der Waals surface area contributed by atoms with Crippen molar-refractivity contribution in [1.29, 1.82) is 0 Å². The van der Waals surface area contributed by atoms with Crippen molar-refractivity contribution in [1.82, 2.24) is 29.5 Å². The molecule has 0 fully saturated rings. The second-order valence-corrected chi connectivity index (χ2v) is 4.76. The van der Waals surface area contributed by atoms with Crippen LogP contribution >= 0.6 is 0 Å². The minimum atomic E-state index is -1.25. The van der Waals surface area contributed by atoms with E-state index in [4.69, 9.17) is 0 Å². The summed E-state index contributed by atoms with van der Waals surface area (Å²) in [5, 5.41) is 28.5. The fraction of sp³-hybridized carbons (Fsp3) is 0.231. The first-order valence-electron chi connectivity index (χ1n) is 6.32. The number of nitrogens with zero attached hydrogens (tertiary/aromatic N) is 6. The zero-order valence-corrected chi connectivity index (χ0v) is 11.1. The molecule has 2 aromatic heterocycles. The lowest BCUT2D eigenvalue weighted by Crippen LogP contribution is -2.36. The molecule has 8 nitrogen and oxygen atoms in total. The van der Waals surface area contributed by atoms with Gasteiger partial charge in [-0.3, -0.25) is 0 Å². The fourth-order valence-electron chi connectivity index (χ4n) is 2.17. The van der Waals surface area contributed by atoms with Gasteiger partial charge in [0.2, 0.25) is 0 Å². The predicted octanol–water partition coefficient (Wildman–Crippen LogP) is 0.163. The van der Waals surface area contributed by atoms with Crippen LogP contribution in [0.25, 0.3) is 0 Å². The molecule has 0 amide bonds. The molecule has 3 rings (SSSR count). The first-order valence-corrected chi connectivity index (χ1v) is 6.32. The minimum absolute atomic E-state index is 0.141. The van der Waals surface area contributed by atoms with Gasteiger partial charge < -0.3 is 10.2 Å². The van der Waals surface area contributed by atoms with E-state index in [1.807, 2.05) is 0 Å². The highest BCUT2D eigenvalue weighted by Gasteiger charge is 2.31. The first-order chi connectivity index (χ1) is 10.2. The largest absolute Gasteiger partial charge is 0.508 e. The molecule has 0 aliphatic heterocycles. The van der Waals surface area contributed by atoms with Crippen LogP contribution in [0.4, 0.5) is 0 Å². The zero-order valence-electron chi connectivity index (χ0n) is 11.1. The van der Waals surface area contributed by atoms with E-state index in [-0.39, 0.29) is 18.8 Å². The number of aromatic nitrogens is 6. The summed E-state index contributed by atoms with van der Waals surface area (Å²) in [5.74, 6) is 0.141. The molecule has 1 aromatic carbocycles. The van der Waals surface area contributed by atoms with Crippen molar-refractivity contribution in [3.05, 3.63) is 55.1 Å². The molecule has 2 N–H and O–H groups in total. The predicted molar refractivity (Wildman–Crippen MR) is 72.0 cm³/mol. The molecule has 0 unspecified atom stereocenters. The van der Waals surface area contributed by atoms with Gasteiger partial charge in [0, 0.05) is 0 Å². The molecular weight excluding hydrogens is 272 g/mol. The molecule has 0 spiro atoms. The Morgan fingerprint density at radius 1 is 0.905 bits per heavy atom. The second-order valence-electron chi connectivity index (χ2n) is 4.76. The maximum atomic E-state index is 11.1. The van der Waals surface area contributed by atoms with Crippen molar-refractivity contribution in [2.75, 3.05) is 0 Å². The average Bonchev–Trinajstić information content (AvgIpc) is 3.13. The van der Waals surface area contributed by atoms with Crippen molar-refractivity contribution in [3.8, 4) is 5.75 Å². The first kappa shape index (κ1) is 13.3. The Labute approximate surface area is 120 Å². The average molecular weight is 286 g/mol. The maximum Gasteiger partial charge on any atom is 0.137 e. The highest BCUT2D eigenvalue weighted by Crippen LogP contribution is 2.26. The summed E-state index contributed by atoms with van der Waals surface area (Å²) in [4.78, 5) is 7.75. The van der Waals surface area contributed by atoms with Crippen molar-refractivity contribution >= 4 is 0 Å². The van der Waals surface area contributed by atoms with Crippen LogP contribution in [0, 0.1) is 0 Å². The molecule has 2 heterocycles. The SMILES string of the molecule is Oc1ccc(C(O)(Cn2cncn2)Cn2cncn2)cc1. The quantitative estimate of drug-likeness (QED) is 0.693. The third kappa shape index (κ3) is 2.90. The molecule has 0 saturated carbocycles. The zero-order chi connectivity index (χ0) is 14.7. The molecule has 3 aromatic rings. The third-order valence-corrected chi connectivity index (χ3v) is 3.18. The number of aromatic hydroxyl groups is 1. The van der Waals surface area contributed by atoms with Crippen LogP contribution in [-0.4, -0.2) is 39.7 Å². The third-order valence-electron chi connectivity index (χ3n) is 3.18. The smallest absolute Gasteiger partial charge is 0.137 e. The monoisotopic (exact) mass is 286 g/mol. The summed E-state index contributed by atoms with van der Waals surface area (Å²) in [5.41, 5.74) is -0.610. The Bertz CT molecular complexity index is 642. The highest BCUT2D eigenvalue weighted by molar-refractivity contribution is 5.29. The number of hydrogen-bond donors (Lipinski definition) is 2. The van der Waals surface area contributed by atoms with Gasteiger partial charge in [0.1, 0.15) is 36.7 Å². The number of phenols is 1. The Morgan fingerprint density at radius 2 is 1.43 bits per heavy atom. The van der Waals surface area contributed by atoms with E-state index in [1.165, 1.54) is 37.4 Å². The molecule has 108 valence electrons. The number of rotatable bonds is 5. The van der Waals surface area contributed by atoms with Gasteiger partial charge in [-0.2, -0.15) is 10.2 Å². The number of phenolic OH excluding ortho intramolecular Hbond substituents is 1. The fourth-order valence-corrected chi connectivity index (χ4v) is 2.17. The normalized spacial score (nSPS) is 11.7. The molecule has 0 atom stereocenters. The van der Waals surface area contributed by atoms with Gasteiger partial charge >= 0.3 is 0 Å². The highest BCUT2D eigenvalue weighted by atomic mass is 16.3. The number of hydrogen-bond acceptors (Lipinski definition) is 6. The van der Waals surface area contributed by atoms with Gasteiger partial charge in [0.05, 0.1) is 13.1 Å². The van der Waals surface area contributed by atoms with E-state index < -0.39 is 5.60 Å². The van der Waals surface area contributed by atoms with Crippen LogP contribution in [0.15, 0.2) is 49.6 Å². The summed E-state index contributed by atoms with van der Waals surface area (Å²) in [7, 11) is 0. The van der Waals surface area contributed by atoms with Gasteiger partial charge in [-0.1, -0.05) is 12.1 Å². The lowest BCUT2D eigenvalue weighted by Gasteiger charge is -2.28. The Morgan fingerprint density at radius 3 is 1.86 bits per heavy atom. The number of benzene rings is 1. The molecule has 0 aliphatic carbocycles. The number of aliphatic hydroxyl groups is 1. The van der Waals surface area contributed by atoms with Crippen molar-refractivity contribution in [2.24, 2.45) is 0 Å². The maximum absolute atomic E-state index is 11.1. The van der Waals surface area contributed by atoms with E-state index in [1.54, 1.807) is 21.5 Å². The topological polar surface area (TPSA) is 102 Å². The standard InChI is InChI=1S/C13H14N6O2/c20-12-3-1-11(2-4-12)13(21,5-18-9-14-7-16-18)6-19-10-15-8-17-19/h1-4,7-10,20-21H,5-6H2. The molecule has 0 bridgehead atoms. The lowest BCUT2D eigenvalue weighted by atomic mass is 9.93. The van der Waals surface area contributed by atoms with E-state index >= 15 is 0 Å². The molecular formula is C13H14N6O2. The minimum Gasteiger partial charge on any atom is -0.508 e. The van der Waals surface area contributed by atoms with Crippen LogP contribution in [-0.2, 0) is 18.7 Å². The van der Waals surface area contributed by atoms with E-state index in [9.17, 15) is 10.2 Å². The summed E-state index contributed by atoms with van der Waals surface area (Å²) in [6, 6.07) is 6.40. The van der Waals surface area contributed by atoms with Crippen LogP contribution in [0.3, 0.4) is 0 Å². The van der Waals surface area contributed by atoms with Gasteiger partial charge in [-0.15, -0.1) is 0 Å². The van der Waals surface area contributed by atoms with Crippen LogP contribution in [0.2, 0.25) is 0 Å². The van der Waals surface area contributed by atoms with E-state index in [0.29, 0.717) is 5.56 Å². The summed E-state index contributed by atoms with van der Waals surface area (Å²) in [6.07, 6.45) is 5.89. The lowest BCUT2D eigenvalue weighted by molar-refractivity contribution is -0.00544. The van der Waals surface area contributed by atoms with Crippen molar-refractivity contribution in [2.45, 2.75) is 18.7 Å². The summed E-state index contributed by atoms with van der Waals surface area (Å²) < 4.78 is 3.09. The molecule has 21 heavy (non-hydrogen) atoms. The van der Waals surface area contributed by atoms with Crippen LogP contribution in [0.1, 0.15) is 5.56 Å². The molecule has 0 aliphatic rings. The Balaban J connectivity index is 1.94. The van der Waals surface area contributed by atoms with Gasteiger partial charge in [-0.25, -0.2) is 19.3 Å². The van der Waals surface area contributed by atoms with E-state index in [0.717, 1.165) is 0 Å². The Kier molecular flexibility index (Phi) is 3.36. The van der Waals surface area contributed by atoms with Crippen LogP contribution in [0.5, 0.6) is 5.75 Å². The molecule has 8 heteroatoms. The Hall–Kier alpha value is -2.74. The van der Waals surface area contributed by atoms with Gasteiger partial charge in [-0.05, 0) is 17.7 Å². The van der Waals surface area contributed by atoms with Crippen molar-refractivity contribution < 1.29 is 10.2 Å². The van der Waals surface area contributed by atoms with Gasteiger partial charge in [0.15, 0.2) is 0 Å². The molecule has 0 radical (unpaired) electrons. The van der Waals surface area contributed by atoms with Crippen molar-refractivity contribution in [3.63, 3.8) is 0 Å². The molecule has 0 saturated heterocycles. The van der Waals surface area contributed by atoms with E-state index in [2.05, 4.69) is 20.2 Å². The summed E-state index contributed by atoms with van der Waals surface area (Å²) in [6.45, 7) is 0.412. The summed E-state index contributed by atoms with van der Waals surface area (Å²) >= 11 is 0.